The number of hydrogen-bond acceptors (Lipinski definition) is 5. The lowest BCUT2D eigenvalue weighted by Crippen LogP contribution is -2.45. The maximum atomic E-state index is 12.7. The number of carbonyl (C=O) groups is 2. The Hall–Kier alpha value is -3.39. The van der Waals surface area contributed by atoms with Crippen LogP contribution in [0, 0.1) is 0 Å². The van der Waals surface area contributed by atoms with Gasteiger partial charge in [0.05, 0.1) is 16.9 Å². The van der Waals surface area contributed by atoms with E-state index in [1.54, 1.807) is 13.2 Å². The lowest BCUT2D eigenvalue weighted by atomic mass is 9.83. The summed E-state index contributed by atoms with van der Waals surface area (Å²) in [6.45, 7) is 28.1. The molecule has 67 heavy (non-hydrogen) atoms. The minimum atomic E-state index is -0.432. The van der Waals surface area contributed by atoms with E-state index in [2.05, 4.69) is 56.1 Å². The average molecular weight is 955 g/mol. The fourth-order valence-electron chi connectivity index (χ4n) is 7.34. The first-order valence-electron chi connectivity index (χ1n) is 24.6. The number of amides is 2. The summed E-state index contributed by atoms with van der Waals surface area (Å²) in [6.07, 6.45) is 13.2. The van der Waals surface area contributed by atoms with Gasteiger partial charge in [0.1, 0.15) is 0 Å². The van der Waals surface area contributed by atoms with Gasteiger partial charge in [-0.15, -0.1) is 0 Å². The number of rotatable bonds is 9. The number of nitrogens with zero attached hydrogens (tertiary/aromatic N) is 2. The molecule has 0 aromatic heterocycles. The van der Waals surface area contributed by atoms with Crippen LogP contribution < -0.4 is 0 Å². The molecule has 1 N–H and O–H groups in total. The zero-order chi connectivity index (χ0) is 50.4. The predicted octanol–water partition coefficient (Wildman–Crippen LogP) is 15.5. The fourth-order valence-corrected chi connectivity index (χ4v) is 7.77. The summed E-state index contributed by atoms with van der Waals surface area (Å²) >= 11 is 5.41. The molecule has 374 valence electrons. The van der Waals surface area contributed by atoms with E-state index in [1.807, 2.05) is 210 Å². The third kappa shape index (κ3) is 26.8. The lowest BCUT2D eigenvalue weighted by molar-refractivity contribution is -0.137. The van der Waals surface area contributed by atoms with Crippen molar-refractivity contribution in [2.45, 2.75) is 183 Å². The molecule has 0 heterocycles. The number of thiol groups is 1. The van der Waals surface area contributed by atoms with Crippen LogP contribution >= 0.6 is 24.4 Å². The standard InChI is InChI=1S/2C16H23NO.C9H12S.C8H10O.4C2H6.CH4S.2B/c2*1-16(2,13-9-5-4-6-10-13)15(18)17(3)14-11-7-8-12-14;1-8(10-2)9-6-4-3-5-7-9;1-7(9)8-5-3-2-4-6-8;5*1-2;;/h2*4-6,9-10,14H,7-8,11-12H2,1-3H3;3-8H,1-2H3;2-7,9H,1H3;4*1-2H3;2H,1H3;;. The molecule has 2 atom stereocenters. The molecular weight excluding hydrogens is 858 g/mol. The van der Waals surface area contributed by atoms with E-state index in [9.17, 15) is 9.59 Å². The average Bonchev–Trinajstić information content (AvgIpc) is 4.14. The molecule has 5 nitrogen and oxygen atoms in total. The van der Waals surface area contributed by atoms with E-state index < -0.39 is 10.8 Å². The molecule has 2 amide bonds. The van der Waals surface area contributed by atoms with Crippen LogP contribution in [0.2, 0.25) is 0 Å². The maximum Gasteiger partial charge on any atom is 0.232 e. The summed E-state index contributed by atoms with van der Waals surface area (Å²) in [5.41, 5.74) is 3.71. The van der Waals surface area contributed by atoms with Crippen molar-refractivity contribution >= 4 is 53.0 Å². The molecule has 0 aliphatic heterocycles. The molecule has 6 radical (unpaired) electrons. The molecular formula is C58H96B2N2O3S2. The van der Waals surface area contributed by atoms with Crippen molar-refractivity contribution in [3.8, 4) is 0 Å². The van der Waals surface area contributed by atoms with Gasteiger partial charge in [0.25, 0.3) is 0 Å². The Morgan fingerprint density at radius 1 is 0.522 bits per heavy atom. The molecule has 2 fully saturated rings. The Labute approximate surface area is 428 Å². The minimum Gasteiger partial charge on any atom is -0.389 e. The molecule has 6 rings (SSSR count). The van der Waals surface area contributed by atoms with Gasteiger partial charge in [-0.2, -0.15) is 24.4 Å². The van der Waals surface area contributed by atoms with E-state index in [1.165, 1.54) is 31.2 Å². The quantitative estimate of drug-likeness (QED) is 0.130. The third-order valence-electron chi connectivity index (χ3n) is 11.4. The van der Waals surface area contributed by atoms with Crippen molar-refractivity contribution in [1.29, 1.82) is 0 Å². The Balaban J connectivity index is -0.000000244. The largest absolute Gasteiger partial charge is 0.389 e. The normalized spacial score (nSPS) is 13.2. The van der Waals surface area contributed by atoms with Gasteiger partial charge in [0.2, 0.25) is 11.8 Å². The topological polar surface area (TPSA) is 60.9 Å². The van der Waals surface area contributed by atoms with E-state index >= 15 is 0 Å². The second-order valence-corrected chi connectivity index (χ2v) is 17.2. The van der Waals surface area contributed by atoms with Gasteiger partial charge in [0.15, 0.2) is 0 Å². The van der Waals surface area contributed by atoms with Crippen LogP contribution in [0.5, 0.6) is 0 Å². The molecule has 4 aromatic rings. The van der Waals surface area contributed by atoms with Gasteiger partial charge in [-0.1, -0.05) is 202 Å². The highest BCUT2D eigenvalue weighted by atomic mass is 32.2. The summed E-state index contributed by atoms with van der Waals surface area (Å²) in [7, 11) is 3.92. The predicted molar refractivity (Wildman–Crippen MR) is 306 cm³/mol. The maximum absolute atomic E-state index is 12.7. The zero-order valence-electron chi connectivity index (χ0n) is 45.7. The summed E-state index contributed by atoms with van der Waals surface area (Å²) < 4.78 is 0. The third-order valence-corrected chi connectivity index (χ3v) is 12.3. The molecule has 2 unspecified atom stereocenters. The van der Waals surface area contributed by atoms with Crippen LogP contribution in [0.25, 0.3) is 0 Å². The second kappa shape index (κ2) is 43.9. The number of aliphatic hydroxyl groups is 1. The van der Waals surface area contributed by atoms with Crippen molar-refractivity contribution in [2.24, 2.45) is 0 Å². The number of thioether (sulfide) groups is 1. The Morgan fingerprint density at radius 3 is 0.985 bits per heavy atom. The van der Waals surface area contributed by atoms with Gasteiger partial charge in [-0.05, 0) is 102 Å². The van der Waals surface area contributed by atoms with E-state index in [-0.39, 0.29) is 34.7 Å². The number of aliphatic hydroxyl groups excluding tert-OH is 1. The molecule has 4 aromatic carbocycles. The zero-order valence-corrected chi connectivity index (χ0v) is 47.4. The van der Waals surface area contributed by atoms with Crippen LogP contribution in [-0.2, 0) is 20.4 Å². The summed E-state index contributed by atoms with van der Waals surface area (Å²) in [5, 5.41) is 9.65. The first-order valence-corrected chi connectivity index (χ1v) is 26.8. The highest BCUT2D eigenvalue weighted by molar-refractivity contribution is 7.98. The van der Waals surface area contributed by atoms with Gasteiger partial charge in [-0.3, -0.25) is 9.59 Å². The van der Waals surface area contributed by atoms with E-state index in [0.29, 0.717) is 17.3 Å². The number of likely N-dealkylation sites (N-methyl/N-ethyl adjacent to an activating group) is 2. The first-order chi connectivity index (χ1) is 31.2. The van der Waals surface area contributed by atoms with Gasteiger partial charge in [0, 0.05) is 48.3 Å². The van der Waals surface area contributed by atoms with Crippen LogP contribution in [0.4, 0.5) is 0 Å². The van der Waals surface area contributed by atoms with Crippen molar-refractivity contribution < 1.29 is 14.7 Å². The summed E-state index contributed by atoms with van der Waals surface area (Å²) in [4.78, 5) is 29.3. The molecule has 2 saturated carbocycles. The number of benzene rings is 4. The van der Waals surface area contributed by atoms with Crippen molar-refractivity contribution in [1.82, 2.24) is 9.80 Å². The van der Waals surface area contributed by atoms with Crippen molar-refractivity contribution in [2.75, 3.05) is 26.6 Å². The van der Waals surface area contributed by atoms with Crippen LogP contribution in [0.15, 0.2) is 121 Å². The molecule has 0 saturated heterocycles. The summed E-state index contributed by atoms with van der Waals surface area (Å²) in [5.74, 6) is 0.473. The van der Waals surface area contributed by atoms with Crippen LogP contribution in [0.1, 0.15) is 182 Å². The van der Waals surface area contributed by atoms with Crippen LogP contribution in [-0.4, -0.2) is 82.2 Å². The Morgan fingerprint density at radius 2 is 0.761 bits per heavy atom. The van der Waals surface area contributed by atoms with Gasteiger partial charge < -0.3 is 14.9 Å². The van der Waals surface area contributed by atoms with Gasteiger partial charge in [-0.25, -0.2) is 0 Å². The fraction of sp³-hybridized carbons (Fsp3) is 0.552. The SMILES string of the molecule is CC.CC.CC.CC.CC(O)c1ccccc1.CN(C(=O)C(C)(C)c1ccccc1)C1CCCC1.CN(C(=O)C(C)(C)c1ccccc1)C1CCCC1.CS.CSC(C)c1ccccc1.[B].[B]. The molecule has 0 spiro atoms. The van der Waals surface area contributed by atoms with Gasteiger partial charge >= 0.3 is 0 Å². The molecule has 2 aliphatic carbocycles. The highest BCUT2D eigenvalue weighted by Gasteiger charge is 2.36. The Bertz CT molecular complexity index is 1590. The number of carbonyl (C=O) groups excluding carboxylic acids is 2. The highest BCUT2D eigenvalue weighted by Crippen LogP contribution is 2.31. The Kier molecular flexibility index (Phi) is 47.5. The smallest absolute Gasteiger partial charge is 0.232 e. The summed E-state index contributed by atoms with van der Waals surface area (Å²) in [6, 6.07) is 41.2. The van der Waals surface area contributed by atoms with E-state index in [4.69, 9.17) is 5.11 Å². The van der Waals surface area contributed by atoms with Crippen molar-refractivity contribution in [3.63, 3.8) is 0 Å². The molecule has 0 bridgehead atoms. The lowest BCUT2D eigenvalue weighted by Gasteiger charge is -2.33. The van der Waals surface area contributed by atoms with Crippen LogP contribution in [0.3, 0.4) is 0 Å². The second-order valence-electron chi connectivity index (χ2n) is 16.1. The molecule has 2 aliphatic rings. The minimum absolute atomic E-state index is 0. The van der Waals surface area contributed by atoms with Crippen molar-refractivity contribution in [3.05, 3.63) is 144 Å². The van der Waals surface area contributed by atoms with E-state index in [0.717, 1.165) is 42.4 Å². The molecule has 9 heteroatoms. The first kappa shape index (κ1) is 72.6. The monoisotopic (exact) mass is 955 g/mol. The number of hydrogen-bond donors (Lipinski definition) is 2.